The van der Waals surface area contributed by atoms with Gasteiger partial charge in [0.05, 0.1) is 15.7 Å². The first-order chi connectivity index (χ1) is 11.0. The third kappa shape index (κ3) is 5.12. The van der Waals surface area contributed by atoms with Crippen molar-refractivity contribution in [1.82, 2.24) is 5.32 Å². The van der Waals surface area contributed by atoms with Crippen LogP contribution in [0.3, 0.4) is 0 Å². The van der Waals surface area contributed by atoms with E-state index in [9.17, 15) is 9.59 Å². The number of carbonyl (C=O) groups is 2. The molecule has 1 heterocycles. The molecule has 0 spiro atoms. The van der Waals surface area contributed by atoms with Gasteiger partial charge in [0.25, 0.3) is 0 Å². The summed E-state index contributed by atoms with van der Waals surface area (Å²) < 4.78 is 0. The number of carbonyl (C=O) groups excluding carboxylic acids is 2. The fourth-order valence-electron chi connectivity index (χ4n) is 1.92. The molecule has 8 heteroatoms. The Labute approximate surface area is 149 Å². The third-order valence-corrected chi connectivity index (χ3v) is 5.08. The smallest absolute Gasteiger partial charge is 0.240 e. The van der Waals surface area contributed by atoms with E-state index in [0.717, 1.165) is 12.8 Å². The van der Waals surface area contributed by atoms with Crippen LogP contribution in [0, 0.1) is 0 Å². The predicted molar refractivity (Wildman–Crippen MR) is 96.4 cm³/mol. The van der Waals surface area contributed by atoms with E-state index in [4.69, 9.17) is 23.2 Å². The summed E-state index contributed by atoms with van der Waals surface area (Å²) in [5, 5.41) is 6.13. The molecule has 0 bridgehead atoms. The van der Waals surface area contributed by atoms with Gasteiger partial charge in [-0.3, -0.25) is 14.6 Å². The van der Waals surface area contributed by atoms with Crippen LogP contribution < -0.4 is 10.6 Å². The van der Waals surface area contributed by atoms with E-state index < -0.39 is 5.25 Å². The Hall–Kier alpha value is -1.24. The van der Waals surface area contributed by atoms with Crippen molar-refractivity contribution in [2.75, 3.05) is 11.9 Å². The van der Waals surface area contributed by atoms with Gasteiger partial charge in [0.2, 0.25) is 11.8 Å². The number of hydrogen-bond acceptors (Lipinski definition) is 4. The topological polar surface area (TPSA) is 70.6 Å². The minimum Gasteiger partial charge on any atom is -0.325 e. The maximum Gasteiger partial charge on any atom is 0.240 e. The number of amides is 2. The third-order valence-electron chi connectivity index (χ3n) is 3.14. The van der Waals surface area contributed by atoms with Gasteiger partial charge in [-0.1, -0.05) is 54.4 Å². The van der Waals surface area contributed by atoms with Gasteiger partial charge in [-0.15, -0.1) is 0 Å². The van der Waals surface area contributed by atoms with Crippen LogP contribution in [0.5, 0.6) is 0 Å². The normalized spacial score (nSPS) is 19.0. The lowest BCUT2D eigenvalue weighted by Crippen LogP contribution is -2.28. The fourth-order valence-corrected chi connectivity index (χ4v) is 3.27. The number of benzene rings is 1. The largest absolute Gasteiger partial charge is 0.325 e. The number of anilines is 1. The van der Waals surface area contributed by atoms with Crippen molar-refractivity contribution in [3.63, 3.8) is 0 Å². The highest BCUT2D eigenvalue weighted by Gasteiger charge is 2.32. The van der Waals surface area contributed by atoms with Crippen molar-refractivity contribution < 1.29 is 9.59 Å². The van der Waals surface area contributed by atoms with E-state index in [2.05, 4.69) is 22.5 Å². The molecule has 0 aromatic heterocycles. The highest BCUT2D eigenvalue weighted by Crippen LogP contribution is 2.30. The fraction of sp³-hybridized carbons (Fsp3) is 0.400. The second kappa shape index (κ2) is 8.57. The van der Waals surface area contributed by atoms with Gasteiger partial charge in [0.1, 0.15) is 5.25 Å². The van der Waals surface area contributed by atoms with Gasteiger partial charge < -0.3 is 10.6 Å². The van der Waals surface area contributed by atoms with E-state index in [1.165, 1.54) is 11.8 Å². The average Bonchev–Trinajstić information content (AvgIpc) is 2.84. The summed E-state index contributed by atoms with van der Waals surface area (Å²) in [7, 11) is 0. The predicted octanol–water partition coefficient (Wildman–Crippen LogP) is 3.71. The number of hydrogen-bond donors (Lipinski definition) is 2. The van der Waals surface area contributed by atoms with Gasteiger partial charge >= 0.3 is 0 Å². The standard InChI is InChI=1S/C15H17Cl2N3O2S/c1-2-3-7-18-15-20-14(22)11(23-15)8-12(21)19-10-6-4-5-9(16)13(10)17/h4-6,11H,2-3,7-8H2,1H3,(H,19,21)(H,18,20,22)/t11-/m1/s1. The molecule has 1 aromatic rings. The van der Waals surface area contributed by atoms with E-state index in [1.807, 2.05) is 0 Å². The first-order valence-electron chi connectivity index (χ1n) is 7.27. The van der Waals surface area contributed by atoms with Crippen molar-refractivity contribution >= 4 is 57.6 Å². The summed E-state index contributed by atoms with van der Waals surface area (Å²) in [6.07, 6.45) is 2.06. The highest BCUT2D eigenvalue weighted by molar-refractivity contribution is 8.15. The lowest BCUT2D eigenvalue weighted by atomic mass is 10.2. The van der Waals surface area contributed by atoms with Crippen LogP contribution in [0.2, 0.25) is 10.0 Å². The molecule has 2 N–H and O–H groups in total. The Morgan fingerprint density at radius 2 is 2.22 bits per heavy atom. The molecule has 0 saturated carbocycles. The van der Waals surface area contributed by atoms with Crippen molar-refractivity contribution in [3.05, 3.63) is 28.2 Å². The lowest BCUT2D eigenvalue weighted by molar-refractivity contribution is -0.122. The summed E-state index contributed by atoms with van der Waals surface area (Å²) in [5.41, 5.74) is 0.435. The molecule has 0 aliphatic carbocycles. The first kappa shape index (κ1) is 18.1. The Morgan fingerprint density at radius 1 is 1.43 bits per heavy atom. The molecule has 1 fully saturated rings. The number of aliphatic imine (C=N–C) groups is 1. The number of nitrogens with one attached hydrogen (secondary N) is 2. The van der Waals surface area contributed by atoms with Crippen LogP contribution in [0.4, 0.5) is 5.69 Å². The average molecular weight is 374 g/mol. The Kier molecular flexibility index (Phi) is 6.74. The minimum absolute atomic E-state index is 0.0478. The van der Waals surface area contributed by atoms with E-state index >= 15 is 0 Å². The molecule has 5 nitrogen and oxygen atoms in total. The molecule has 2 rings (SSSR count). The molecule has 2 amide bonds. The molecule has 1 atom stereocenters. The SMILES string of the molecule is CCCCN=C1NC(=O)[C@@H](CC(=O)Nc2cccc(Cl)c2Cl)S1. The maximum absolute atomic E-state index is 12.1. The molecule has 0 unspecified atom stereocenters. The number of amidine groups is 1. The highest BCUT2D eigenvalue weighted by atomic mass is 35.5. The van der Waals surface area contributed by atoms with E-state index in [-0.39, 0.29) is 23.3 Å². The van der Waals surface area contributed by atoms with Crippen molar-refractivity contribution in [1.29, 1.82) is 0 Å². The second-order valence-electron chi connectivity index (χ2n) is 4.99. The number of halogens is 2. The van der Waals surface area contributed by atoms with Gasteiger partial charge in [0, 0.05) is 13.0 Å². The van der Waals surface area contributed by atoms with Gasteiger partial charge in [-0.2, -0.15) is 0 Å². The van der Waals surface area contributed by atoms with Crippen molar-refractivity contribution in [2.24, 2.45) is 4.99 Å². The number of unbranched alkanes of at least 4 members (excludes halogenated alkanes) is 1. The Morgan fingerprint density at radius 3 is 2.96 bits per heavy atom. The molecule has 1 saturated heterocycles. The minimum atomic E-state index is -0.478. The number of nitrogens with zero attached hydrogens (tertiary/aromatic N) is 1. The number of rotatable bonds is 6. The summed E-state index contributed by atoms with van der Waals surface area (Å²) in [6.45, 7) is 2.75. The molecule has 23 heavy (non-hydrogen) atoms. The van der Waals surface area contributed by atoms with Crippen LogP contribution >= 0.6 is 35.0 Å². The van der Waals surface area contributed by atoms with Gasteiger partial charge in [0.15, 0.2) is 5.17 Å². The second-order valence-corrected chi connectivity index (χ2v) is 6.97. The molecule has 1 aliphatic heterocycles. The monoisotopic (exact) mass is 373 g/mol. The molecule has 1 aromatic carbocycles. The number of thioether (sulfide) groups is 1. The lowest BCUT2D eigenvalue weighted by Gasteiger charge is -2.09. The Bertz CT molecular complexity index is 637. The zero-order valence-corrected chi connectivity index (χ0v) is 14.9. The van der Waals surface area contributed by atoms with Crippen LogP contribution in [-0.4, -0.2) is 28.8 Å². The molecular formula is C15H17Cl2N3O2S. The zero-order chi connectivity index (χ0) is 16.8. The van der Waals surface area contributed by atoms with Crippen LogP contribution in [0.1, 0.15) is 26.2 Å². The summed E-state index contributed by atoms with van der Waals surface area (Å²) in [6, 6.07) is 4.99. The quantitative estimate of drug-likeness (QED) is 0.746. The van der Waals surface area contributed by atoms with E-state index in [0.29, 0.717) is 22.4 Å². The van der Waals surface area contributed by atoms with Crippen LogP contribution in [0.25, 0.3) is 0 Å². The van der Waals surface area contributed by atoms with E-state index in [1.54, 1.807) is 18.2 Å². The molecule has 124 valence electrons. The molecule has 0 radical (unpaired) electrons. The summed E-state index contributed by atoms with van der Waals surface area (Å²) in [4.78, 5) is 28.3. The molecular weight excluding hydrogens is 357 g/mol. The van der Waals surface area contributed by atoms with Gasteiger partial charge in [-0.05, 0) is 18.6 Å². The molecule has 1 aliphatic rings. The zero-order valence-electron chi connectivity index (χ0n) is 12.6. The Balaban J connectivity index is 1.91. The van der Waals surface area contributed by atoms with Crippen LogP contribution in [-0.2, 0) is 9.59 Å². The van der Waals surface area contributed by atoms with Crippen molar-refractivity contribution in [2.45, 2.75) is 31.4 Å². The van der Waals surface area contributed by atoms with Gasteiger partial charge in [-0.25, -0.2) is 0 Å². The van der Waals surface area contributed by atoms with Crippen molar-refractivity contribution in [3.8, 4) is 0 Å². The van der Waals surface area contributed by atoms with Crippen LogP contribution in [0.15, 0.2) is 23.2 Å². The first-order valence-corrected chi connectivity index (χ1v) is 8.90. The summed E-state index contributed by atoms with van der Waals surface area (Å²) >= 11 is 13.2. The maximum atomic E-state index is 12.1. The summed E-state index contributed by atoms with van der Waals surface area (Å²) in [5.74, 6) is -0.491.